The van der Waals surface area contributed by atoms with Gasteiger partial charge < -0.3 is 9.67 Å². The van der Waals surface area contributed by atoms with Crippen LogP contribution in [0.15, 0.2) is 47.4 Å². The predicted molar refractivity (Wildman–Crippen MR) is 80.6 cm³/mol. The number of carboxylic acids is 1. The van der Waals surface area contributed by atoms with Crippen LogP contribution >= 0.6 is 0 Å². The molecule has 7 heteroatoms. The van der Waals surface area contributed by atoms with E-state index in [0.29, 0.717) is 0 Å². The van der Waals surface area contributed by atoms with Crippen LogP contribution in [-0.2, 0) is 6.54 Å². The molecule has 0 saturated heterocycles. The van der Waals surface area contributed by atoms with Crippen LogP contribution in [0.4, 0.5) is 13.2 Å². The van der Waals surface area contributed by atoms with Gasteiger partial charge in [-0.2, -0.15) is 0 Å². The molecule has 0 amide bonds. The summed E-state index contributed by atoms with van der Waals surface area (Å²) in [5.41, 5.74) is -1.23. The Labute approximate surface area is 133 Å². The molecule has 3 rings (SSSR count). The average molecular weight is 333 g/mol. The van der Waals surface area contributed by atoms with Gasteiger partial charge in [-0.1, -0.05) is 0 Å². The number of carbonyl (C=O) groups is 1. The van der Waals surface area contributed by atoms with Gasteiger partial charge in [-0.15, -0.1) is 0 Å². The minimum atomic E-state index is -1.49. The van der Waals surface area contributed by atoms with Crippen molar-refractivity contribution in [3.05, 3.63) is 81.4 Å². The maximum atomic E-state index is 13.8. The molecule has 0 atom stereocenters. The largest absolute Gasteiger partial charge is 0.477 e. The van der Waals surface area contributed by atoms with Gasteiger partial charge in [0.1, 0.15) is 23.0 Å². The third kappa shape index (κ3) is 2.76. The normalized spacial score (nSPS) is 11.0. The van der Waals surface area contributed by atoms with E-state index in [-0.39, 0.29) is 23.0 Å². The molecule has 0 aliphatic rings. The van der Waals surface area contributed by atoms with Crippen molar-refractivity contribution in [2.45, 2.75) is 6.54 Å². The third-order valence-electron chi connectivity index (χ3n) is 3.62. The van der Waals surface area contributed by atoms with Crippen LogP contribution in [0.25, 0.3) is 10.9 Å². The monoisotopic (exact) mass is 333 g/mol. The first kappa shape index (κ1) is 15.8. The van der Waals surface area contributed by atoms with Gasteiger partial charge in [-0.3, -0.25) is 4.79 Å². The Morgan fingerprint density at radius 1 is 1.04 bits per heavy atom. The molecule has 0 saturated carbocycles. The average Bonchev–Trinajstić information content (AvgIpc) is 2.53. The number of nitrogens with zero attached hydrogens (tertiary/aromatic N) is 1. The number of benzene rings is 2. The van der Waals surface area contributed by atoms with E-state index in [1.807, 2.05) is 0 Å². The van der Waals surface area contributed by atoms with Gasteiger partial charge in [-0.25, -0.2) is 18.0 Å². The highest BCUT2D eigenvalue weighted by molar-refractivity contribution is 5.92. The summed E-state index contributed by atoms with van der Waals surface area (Å²) in [4.78, 5) is 23.4. The van der Waals surface area contributed by atoms with Gasteiger partial charge in [0, 0.05) is 17.1 Å². The molecule has 24 heavy (non-hydrogen) atoms. The lowest BCUT2D eigenvalue weighted by molar-refractivity contribution is 0.0695. The molecule has 3 aromatic rings. The second-order valence-electron chi connectivity index (χ2n) is 5.20. The molecule has 0 aliphatic carbocycles. The fourth-order valence-electron chi connectivity index (χ4n) is 2.50. The van der Waals surface area contributed by atoms with Crippen molar-refractivity contribution >= 4 is 16.9 Å². The number of rotatable bonds is 3. The minimum Gasteiger partial charge on any atom is -0.477 e. The SMILES string of the molecule is O=C(O)c1cn(Cc2cc(F)ccc2F)c2ccc(F)cc2c1=O. The van der Waals surface area contributed by atoms with Crippen molar-refractivity contribution in [2.75, 3.05) is 0 Å². The third-order valence-corrected chi connectivity index (χ3v) is 3.62. The van der Waals surface area contributed by atoms with Gasteiger partial charge >= 0.3 is 5.97 Å². The molecule has 0 radical (unpaired) electrons. The summed E-state index contributed by atoms with van der Waals surface area (Å²) in [5, 5.41) is 9.00. The zero-order valence-electron chi connectivity index (χ0n) is 12.1. The van der Waals surface area contributed by atoms with Crippen molar-refractivity contribution in [3.8, 4) is 0 Å². The molecule has 1 heterocycles. The highest BCUT2D eigenvalue weighted by Crippen LogP contribution is 2.18. The number of carboxylic acid groups (broad SMARTS) is 1. The summed E-state index contributed by atoms with van der Waals surface area (Å²) in [5.74, 6) is -3.52. The summed E-state index contributed by atoms with van der Waals surface area (Å²) in [6, 6.07) is 6.19. The number of fused-ring (bicyclic) bond motifs is 1. The lowest BCUT2D eigenvalue weighted by Crippen LogP contribution is -2.19. The Kier molecular flexibility index (Phi) is 3.84. The number of aromatic nitrogens is 1. The molecule has 2 aromatic carbocycles. The quantitative estimate of drug-likeness (QED) is 0.801. The molecule has 0 aliphatic heterocycles. The number of hydrogen-bond donors (Lipinski definition) is 1. The van der Waals surface area contributed by atoms with Crippen molar-refractivity contribution in [1.82, 2.24) is 4.57 Å². The van der Waals surface area contributed by atoms with Crippen molar-refractivity contribution in [2.24, 2.45) is 0 Å². The summed E-state index contributed by atoms with van der Waals surface area (Å²) >= 11 is 0. The summed E-state index contributed by atoms with van der Waals surface area (Å²) < 4.78 is 41.9. The van der Waals surface area contributed by atoms with E-state index in [1.165, 1.54) is 10.6 Å². The molecule has 1 N–H and O–H groups in total. The van der Waals surface area contributed by atoms with Crippen LogP contribution in [0, 0.1) is 17.5 Å². The Morgan fingerprint density at radius 2 is 1.71 bits per heavy atom. The molecule has 0 bridgehead atoms. The molecular formula is C17H10F3NO3. The van der Waals surface area contributed by atoms with E-state index in [1.54, 1.807) is 0 Å². The zero-order valence-corrected chi connectivity index (χ0v) is 12.1. The van der Waals surface area contributed by atoms with Crippen LogP contribution in [0.5, 0.6) is 0 Å². The van der Waals surface area contributed by atoms with Crippen LogP contribution in [0.3, 0.4) is 0 Å². The predicted octanol–water partition coefficient (Wildman–Crippen LogP) is 3.17. The van der Waals surface area contributed by atoms with Gasteiger partial charge in [-0.05, 0) is 36.4 Å². The van der Waals surface area contributed by atoms with Crippen LogP contribution in [0.2, 0.25) is 0 Å². The number of aromatic carboxylic acids is 1. The first-order valence-electron chi connectivity index (χ1n) is 6.87. The van der Waals surface area contributed by atoms with E-state index < -0.39 is 34.4 Å². The van der Waals surface area contributed by atoms with Crippen LogP contribution in [0.1, 0.15) is 15.9 Å². The lowest BCUT2D eigenvalue weighted by Gasteiger charge is -2.13. The van der Waals surface area contributed by atoms with Gasteiger partial charge in [0.15, 0.2) is 0 Å². The summed E-state index contributed by atoms with van der Waals surface area (Å²) in [6.45, 7) is -0.216. The molecule has 4 nitrogen and oxygen atoms in total. The molecule has 0 spiro atoms. The van der Waals surface area contributed by atoms with Crippen molar-refractivity contribution in [1.29, 1.82) is 0 Å². The molecule has 0 unspecified atom stereocenters. The van der Waals surface area contributed by atoms with Gasteiger partial charge in [0.05, 0.1) is 12.1 Å². The first-order valence-corrected chi connectivity index (χ1v) is 6.87. The Morgan fingerprint density at radius 3 is 2.42 bits per heavy atom. The zero-order chi connectivity index (χ0) is 17.4. The van der Waals surface area contributed by atoms with Crippen molar-refractivity contribution in [3.63, 3.8) is 0 Å². The van der Waals surface area contributed by atoms with E-state index in [2.05, 4.69) is 0 Å². The highest BCUT2D eigenvalue weighted by Gasteiger charge is 2.16. The van der Waals surface area contributed by atoms with E-state index >= 15 is 0 Å². The van der Waals surface area contributed by atoms with E-state index in [9.17, 15) is 22.8 Å². The Bertz CT molecular complexity index is 1030. The number of pyridine rings is 1. The lowest BCUT2D eigenvalue weighted by atomic mass is 10.1. The number of halogens is 3. The van der Waals surface area contributed by atoms with Crippen LogP contribution < -0.4 is 5.43 Å². The second-order valence-corrected chi connectivity index (χ2v) is 5.20. The topological polar surface area (TPSA) is 59.3 Å². The van der Waals surface area contributed by atoms with Crippen LogP contribution in [-0.4, -0.2) is 15.6 Å². The Hall–Kier alpha value is -3.09. The molecule has 0 fully saturated rings. The summed E-state index contributed by atoms with van der Waals surface area (Å²) in [7, 11) is 0. The maximum absolute atomic E-state index is 13.8. The first-order chi connectivity index (χ1) is 11.4. The van der Waals surface area contributed by atoms with Gasteiger partial charge in [0.2, 0.25) is 5.43 Å². The molecular weight excluding hydrogens is 323 g/mol. The highest BCUT2D eigenvalue weighted by atomic mass is 19.1. The maximum Gasteiger partial charge on any atom is 0.341 e. The van der Waals surface area contributed by atoms with E-state index in [4.69, 9.17) is 5.11 Å². The fourth-order valence-corrected chi connectivity index (χ4v) is 2.50. The fraction of sp³-hybridized carbons (Fsp3) is 0.0588. The molecule has 122 valence electrons. The van der Waals surface area contributed by atoms with E-state index in [0.717, 1.165) is 36.5 Å². The minimum absolute atomic E-state index is 0.0272. The molecule has 1 aromatic heterocycles. The standard InChI is InChI=1S/C17H10F3NO3/c18-10-1-3-14(20)9(5-10)7-21-8-13(17(23)24)16(22)12-6-11(19)2-4-15(12)21/h1-6,8H,7H2,(H,23,24). The van der Waals surface area contributed by atoms with Crippen molar-refractivity contribution < 1.29 is 23.1 Å². The number of hydrogen-bond acceptors (Lipinski definition) is 2. The second kappa shape index (κ2) is 5.84. The smallest absolute Gasteiger partial charge is 0.341 e. The Balaban J connectivity index is 2.27. The summed E-state index contributed by atoms with van der Waals surface area (Å²) in [6.07, 6.45) is 1.04. The van der Waals surface area contributed by atoms with Gasteiger partial charge in [0.25, 0.3) is 0 Å².